The molecular formula is C13H23N3O. The molecule has 1 aromatic heterocycles. The molecule has 4 heteroatoms. The van der Waals surface area contributed by atoms with Crippen molar-refractivity contribution in [1.82, 2.24) is 15.5 Å². The third kappa shape index (κ3) is 2.86. The van der Waals surface area contributed by atoms with E-state index in [4.69, 9.17) is 4.52 Å². The van der Waals surface area contributed by atoms with Crippen LogP contribution in [0.25, 0.3) is 0 Å². The summed E-state index contributed by atoms with van der Waals surface area (Å²) in [6.45, 7) is 6.33. The summed E-state index contributed by atoms with van der Waals surface area (Å²) in [5.41, 5.74) is -0.0289. The van der Waals surface area contributed by atoms with Gasteiger partial charge in [0.05, 0.1) is 0 Å². The summed E-state index contributed by atoms with van der Waals surface area (Å²) < 4.78 is 5.43. The Morgan fingerprint density at radius 1 is 1.29 bits per heavy atom. The molecule has 2 atom stereocenters. The Bertz CT molecular complexity index is 367. The molecule has 0 aromatic carbocycles. The summed E-state index contributed by atoms with van der Waals surface area (Å²) in [6.07, 6.45) is 4.78. The third-order valence-corrected chi connectivity index (χ3v) is 3.54. The number of nitrogens with zero attached hydrogens (tertiary/aromatic N) is 2. The van der Waals surface area contributed by atoms with Crippen molar-refractivity contribution in [3.05, 3.63) is 11.7 Å². The fourth-order valence-electron chi connectivity index (χ4n) is 2.38. The zero-order chi connectivity index (χ0) is 12.5. The molecule has 0 amide bonds. The van der Waals surface area contributed by atoms with Crippen LogP contribution in [0.3, 0.4) is 0 Å². The zero-order valence-electron chi connectivity index (χ0n) is 11.3. The van der Waals surface area contributed by atoms with E-state index in [0.29, 0.717) is 12.0 Å². The van der Waals surface area contributed by atoms with Crippen LogP contribution in [0, 0.1) is 0 Å². The highest BCUT2D eigenvalue weighted by Crippen LogP contribution is 2.32. The van der Waals surface area contributed by atoms with Crippen molar-refractivity contribution in [2.75, 3.05) is 7.05 Å². The van der Waals surface area contributed by atoms with Crippen molar-refractivity contribution in [2.24, 2.45) is 0 Å². The van der Waals surface area contributed by atoms with Crippen LogP contribution in [0.1, 0.15) is 64.1 Å². The van der Waals surface area contributed by atoms with E-state index in [1.54, 1.807) is 0 Å². The van der Waals surface area contributed by atoms with E-state index in [1.807, 2.05) is 7.05 Å². The maximum Gasteiger partial charge on any atom is 0.229 e. The van der Waals surface area contributed by atoms with Crippen molar-refractivity contribution in [3.8, 4) is 0 Å². The average Bonchev–Trinajstić information content (AvgIpc) is 2.78. The maximum atomic E-state index is 5.43. The van der Waals surface area contributed by atoms with Gasteiger partial charge in [-0.2, -0.15) is 4.98 Å². The molecule has 96 valence electrons. The molecule has 1 heterocycles. The van der Waals surface area contributed by atoms with Gasteiger partial charge in [-0.25, -0.2) is 0 Å². The Labute approximate surface area is 103 Å². The summed E-state index contributed by atoms with van der Waals surface area (Å²) in [5, 5.41) is 7.46. The monoisotopic (exact) mass is 237 g/mol. The summed E-state index contributed by atoms with van der Waals surface area (Å²) in [5.74, 6) is 2.08. The summed E-state index contributed by atoms with van der Waals surface area (Å²) >= 11 is 0. The minimum absolute atomic E-state index is 0.0289. The van der Waals surface area contributed by atoms with Gasteiger partial charge in [-0.05, 0) is 26.3 Å². The van der Waals surface area contributed by atoms with Gasteiger partial charge in [0.2, 0.25) is 5.89 Å². The first-order valence-corrected chi connectivity index (χ1v) is 6.52. The van der Waals surface area contributed by atoms with Crippen LogP contribution < -0.4 is 5.32 Å². The molecule has 1 saturated carbocycles. The SMILES string of the molecule is CNC1CCCC(c2nc(C(C)(C)C)no2)C1. The minimum atomic E-state index is -0.0289. The Morgan fingerprint density at radius 3 is 2.65 bits per heavy atom. The largest absolute Gasteiger partial charge is 0.339 e. The number of hydrogen-bond acceptors (Lipinski definition) is 4. The van der Waals surface area contributed by atoms with Crippen molar-refractivity contribution in [2.45, 2.75) is 63.8 Å². The molecule has 4 nitrogen and oxygen atoms in total. The normalized spacial score (nSPS) is 26.1. The Kier molecular flexibility index (Phi) is 3.52. The highest BCUT2D eigenvalue weighted by atomic mass is 16.5. The van der Waals surface area contributed by atoms with E-state index in [1.165, 1.54) is 19.3 Å². The second-order valence-electron chi connectivity index (χ2n) is 6.06. The van der Waals surface area contributed by atoms with E-state index in [2.05, 4.69) is 36.2 Å². The van der Waals surface area contributed by atoms with Gasteiger partial charge >= 0.3 is 0 Å². The quantitative estimate of drug-likeness (QED) is 0.859. The van der Waals surface area contributed by atoms with Crippen molar-refractivity contribution < 1.29 is 4.52 Å². The van der Waals surface area contributed by atoms with Crippen LogP contribution in [0.2, 0.25) is 0 Å². The summed E-state index contributed by atoms with van der Waals surface area (Å²) in [4.78, 5) is 4.57. The van der Waals surface area contributed by atoms with Crippen LogP contribution in [0.5, 0.6) is 0 Å². The molecular weight excluding hydrogens is 214 g/mol. The average molecular weight is 237 g/mol. The standard InChI is InChI=1S/C13H23N3O/c1-13(2,3)12-15-11(17-16-12)9-6-5-7-10(8-9)14-4/h9-10,14H,5-8H2,1-4H3. The molecule has 0 saturated heterocycles. The highest BCUT2D eigenvalue weighted by molar-refractivity contribution is 5.04. The fourth-order valence-corrected chi connectivity index (χ4v) is 2.38. The lowest BCUT2D eigenvalue weighted by Crippen LogP contribution is -2.30. The van der Waals surface area contributed by atoms with E-state index in [9.17, 15) is 0 Å². The van der Waals surface area contributed by atoms with Crippen LogP contribution in [0.4, 0.5) is 0 Å². The molecule has 2 rings (SSSR count). The van der Waals surface area contributed by atoms with Crippen LogP contribution in [-0.2, 0) is 5.41 Å². The van der Waals surface area contributed by atoms with Crippen LogP contribution in [0.15, 0.2) is 4.52 Å². The van der Waals surface area contributed by atoms with E-state index < -0.39 is 0 Å². The predicted molar refractivity (Wildman–Crippen MR) is 67.1 cm³/mol. The first kappa shape index (κ1) is 12.6. The third-order valence-electron chi connectivity index (χ3n) is 3.54. The molecule has 1 aliphatic carbocycles. The second kappa shape index (κ2) is 4.77. The van der Waals surface area contributed by atoms with Crippen molar-refractivity contribution in [3.63, 3.8) is 0 Å². The van der Waals surface area contributed by atoms with Gasteiger partial charge in [-0.1, -0.05) is 32.3 Å². The lowest BCUT2D eigenvalue weighted by molar-refractivity contribution is 0.282. The maximum absolute atomic E-state index is 5.43. The minimum Gasteiger partial charge on any atom is -0.339 e. The smallest absolute Gasteiger partial charge is 0.229 e. The molecule has 0 spiro atoms. The Morgan fingerprint density at radius 2 is 2.06 bits per heavy atom. The molecule has 1 aliphatic rings. The van der Waals surface area contributed by atoms with E-state index >= 15 is 0 Å². The summed E-state index contributed by atoms with van der Waals surface area (Å²) in [7, 11) is 2.03. The van der Waals surface area contributed by atoms with Gasteiger partial charge in [0, 0.05) is 17.4 Å². The first-order chi connectivity index (χ1) is 8.00. The van der Waals surface area contributed by atoms with Gasteiger partial charge in [0.25, 0.3) is 0 Å². The van der Waals surface area contributed by atoms with Gasteiger partial charge in [0.1, 0.15) is 0 Å². The molecule has 1 aromatic rings. The van der Waals surface area contributed by atoms with Gasteiger partial charge in [-0.3, -0.25) is 0 Å². The molecule has 1 N–H and O–H groups in total. The summed E-state index contributed by atoms with van der Waals surface area (Å²) in [6, 6.07) is 0.596. The first-order valence-electron chi connectivity index (χ1n) is 6.52. The van der Waals surface area contributed by atoms with E-state index in [0.717, 1.165) is 18.1 Å². The molecule has 0 radical (unpaired) electrons. The molecule has 0 bridgehead atoms. The van der Waals surface area contributed by atoms with Crippen LogP contribution >= 0.6 is 0 Å². The molecule has 17 heavy (non-hydrogen) atoms. The van der Waals surface area contributed by atoms with Gasteiger partial charge < -0.3 is 9.84 Å². The lowest BCUT2D eigenvalue weighted by atomic mass is 9.85. The number of aromatic nitrogens is 2. The topological polar surface area (TPSA) is 51.0 Å². The molecule has 0 aliphatic heterocycles. The fraction of sp³-hybridized carbons (Fsp3) is 0.846. The van der Waals surface area contributed by atoms with Crippen molar-refractivity contribution in [1.29, 1.82) is 0 Å². The Hall–Kier alpha value is -0.900. The second-order valence-corrected chi connectivity index (χ2v) is 6.06. The van der Waals surface area contributed by atoms with E-state index in [-0.39, 0.29) is 5.41 Å². The highest BCUT2D eigenvalue weighted by Gasteiger charge is 2.28. The molecule has 1 fully saturated rings. The number of rotatable bonds is 2. The van der Waals surface area contributed by atoms with Gasteiger partial charge in [0.15, 0.2) is 5.82 Å². The number of hydrogen-bond donors (Lipinski definition) is 1. The molecule has 2 unspecified atom stereocenters. The number of nitrogens with one attached hydrogen (secondary N) is 1. The van der Waals surface area contributed by atoms with Crippen molar-refractivity contribution >= 4 is 0 Å². The zero-order valence-corrected chi connectivity index (χ0v) is 11.3. The predicted octanol–water partition coefficient (Wildman–Crippen LogP) is 2.61. The Balaban J connectivity index is 2.09. The van der Waals surface area contributed by atoms with Crippen LogP contribution in [-0.4, -0.2) is 23.2 Å². The van der Waals surface area contributed by atoms with Gasteiger partial charge in [-0.15, -0.1) is 0 Å². The lowest BCUT2D eigenvalue weighted by Gasteiger charge is -2.26.